The summed E-state index contributed by atoms with van der Waals surface area (Å²) < 4.78 is 1.03. The number of rotatable bonds is 2. The Morgan fingerprint density at radius 3 is 2.88 bits per heavy atom. The number of likely N-dealkylation sites (N-methyl/N-ethyl adjacent to an activating group) is 1. The van der Waals surface area contributed by atoms with E-state index in [2.05, 4.69) is 32.8 Å². The van der Waals surface area contributed by atoms with Crippen LogP contribution in [0.25, 0.3) is 0 Å². The number of phenolic OH excluding ortho intramolecular Hbond substituents is 1. The maximum atomic E-state index is 9.83. The summed E-state index contributed by atoms with van der Waals surface area (Å²) in [6.45, 7) is 5.29. The van der Waals surface area contributed by atoms with Gasteiger partial charge in [0.2, 0.25) is 0 Å². The van der Waals surface area contributed by atoms with Crippen LogP contribution in [0, 0.1) is 0 Å². The standard InChI is InChI=1S/C13H19BrN2O/c1-15-5-2-6-16(8-7-15)10-11-9-12(14)3-4-13(11)17/h3-4,9,17H,2,5-8,10H2,1H3. The van der Waals surface area contributed by atoms with Gasteiger partial charge in [-0.05, 0) is 44.8 Å². The Balaban J connectivity index is 2.02. The van der Waals surface area contributed by atoms with Crippen molar-refractivity contribution in [1.82, 2.24) is 9.80 Å². The van der Waals surface area contributed by atoms with Crippen LogP contribution in [0.4, 0.5) is 0 Å². The summed E-state index contributed by atoms with van der Waals surface area (Å²) in [4.78, 5) is 4.77. The topological polar surface area (TPSA) is 26.7 Å². The van der Waals surface area contributed by atoms with E-state index in [1.807, 2.05) is 12.1 Å². The van der Waals surface area contributed by atoms with Gasteiger partial charge in [0.25, 0.3) is 0 Å². The van der Waals surface area contributed by atoms with E-state index in [1.165, 1.54) is 13.0 Å². The first kappa shape index (κ1) is 12.9. The van der Waals surface area contributed by atoms with E-state index >= 15 is 0 Å². The minimum atomic E-state index is 0.394. The Bertz CT molecular complexity index is 384. The van der Waals surface area contributed by atoms with Gasteiger partial charge in [0, 0.05) is 29.7 Å². The molecule has 4 heteroatoms. The molecule has 0 radical (unpaired) electrons. The zero-order valence-electron chi connectivity index (χ0n) is 10.2. The molecule has 0 aliphatic carbocycles. The number of benzene rings is 1. The molecule has 0 aromatic heterocycles. The molecule has 0 amide bonds. The highest BCUT2D eigenvalue weighted by Gasteiger charge is 2.13. The largest absolute Gasteiger partial charge is 0.508 e. The van der Waals surface area contributed by atoms with Gasteiger partial charge in [-0.25, -0.2) is 0 Å². The zero-order valence-corrected chi connectivity index (χ0v) is 11.8. The first-order valence-corrected chi connectivity index (χ1v) is 6.83. The fourth-order valence-corrected chi connectivity index (χ4v) is 2.59. The van der Waals surface area contributed by atoms with Crippen LogP contribution in [-0.4, -0.2) is 48.1 Å². The predicted molar refractivity (Wildman–Crippen MR) is 73.2 cm³/mol. The summed E-state index contributed by atoms with van der Waals surface area (Å²) in [6, 6.07) is 5.63. The van der Waals surface area contributed by atoms with Crippen LogP contribution in [0.2, 0.25) is 0 Å². The zero-order chi connectivity index (χ0) is 12.3. The van der Waals surface area contributed by atoms with E-state index in [0.717, 1.165) is 36.2 Å². The van der Waals surface area contributed by atoms with Crippen molar-refractivity contribution in [2.45, 2.75) is 13.0 Å². The molecular weight excluding hydrogens is 280 g/mol. The predicted octanol–water partition coefficient (Wildman–Crippen LogP) is 2.29. The third kappa shape index (κ3) is 3.69. The van der Waals surface area contributed by atoms with Crippen molar-refractivity contribution in [3.8, 4) is 5.75 Å². The molecule has 0 spiro atoms. The van der Waals surface area contributed by atoms with Crippen molar-refractivity contribution in [3.05, 3.63) is 28.2 Å². The lowest BCUT2D eigenvalue weighted by atomic mass is 10.2. The third-order valence-corrected chi connectivity index (χ3v) is 3.74. The van der Waals surface area contributed by atoms with Crippen LogP contribution in [0.3, 0.4) is 0 Å². The maximum absolute atomic E-state index is 9.83. The second-order valence-corrected chi connectivity index (χ2v) is 5.62. The van der Waals surface area contributed by atoms with Gasteiger partial charge in [-0.1, -0.05) is 15.9 Å². The molecule has 1 saturated heterocycles. The van der Waals surface area contributed by atoms with Crippen molar-refractivity contribution in [3.63, 3.8) is 0 Å². The average Bonchev–Trinajstić information content (AvgIpc) is 2.49. The molecule has 2 rings (SSSR count). The van der Waals surface area contributed by atoms with Crippen molar-refractivity contribution in [1.29, 1.82) is 0 Å². The molecule has 1 aliphatic heterocycles. The quantitative estimate of drug-likeness (QED) is 0.907. The highest BCUT2D eigenvalue weighted by atomic mass is 79.9. The number of aromatic hydroxyl groups is 1. The van der Waals surface area contributed by atoms with Gasteiger partial charge in [-0.2, -0.15) is 0 Å². The normalized spacial score (nSPS) is 19.2. The summed E-state index contributed by atoms with van der Waals surface area (Å²) in [6.07, 6.45) is 1.20. The van der Waals surface area contributed by atoms with E-state index in [1.54, 1.807) is 6.07 Å². The molecule has 1 aromatic carbocycles. The van der Waals surface area contributed by atoms with Gasteiger partial charge in [0.05, 0.1) is 0 Å². The van der Waals surface area contributed by atoms with Crippen LogP contribution in [0.5, 0.6) is 5.75 Å². The lowest BCUT2D eigenvalue weighted by molar-refractivity contribution is 0.266. The molecule has 0 unspecified atom stereocenters. The highest BCUT2D eigenvalue weighted by Crippen LogP contribution is 2.23. The number of hydrogen-bond acceptors (Lipinski definition) is 3. The average molecular weight is 299 g/mol. The Morgan fingerprint density at radius 1 is 1.24 bits per heavy atom. The molecule has 0 saturated carbocycles. The summed E-state index contributed by atoms with van der Waals surface area (Å²) in [5, 5.41) is 9.83. The summed E-state index contributed by atoms with van der Waals surface area (Å²) in [7, 11) is 2.17. The van der Waals surface area contributed by atoms with Crippen LogP contribution in [0.15, 0.2) is 22.7 Å². The number of nitrogens with zero attached hydrogens (tertiary/aromatic N) is 2. The SMILES string of the molecule is CN1CCCN(Cc2cc(Br)ccc2O)CC1. The molecule has 0 atom stereocenters. The lowest BCUT2D eigenvalue weighted by Gasteiger charge is -2.20. The van der Waals surface area contributed by atoms with Gasteiger partial charge >= 0.3 is 0 Å². The van der Waals surface area contributed by atoms with Crippen molar-refractivity contribution >= 4 is 15.9 Å². The highest BCUT2D eigenvalue weighted by molar-refractivity contribution is 9.10. The Hall–Kier alpha value is -0.580. The molecule has 0 bridgehead atoms. The van der Waals surface area contributed by atoms with Gasteiger partial charge < -0.3 is 10.0 Å². The minimum Gasteiger partial charge on any atom is -0.508 e. The molecule has 1 heterocycles. The first-order chi connectivity index (χ1) is 8.15. The van der Waals surface area contributed by atoms with Crippen LogP contribution in [0.1, 0.15) is 12.0 Å². The lowest BCUT2D eigenvalue weighted by Crippen LogP contribution is -2.28. The molecule has 1 fully saturated rings. The van der Waals surface area contributed by atoms with E-state index in [-0.39, 0.29) is 0 Å². The maximum Gasteiger partial charge on any atom is 0.120 e. The minimum absolute atomic E-state index is 0.394. The Labute approximate surface area is 111 Å². The summed E-state index contributed by atoms with van der Waals surface area (Å²) in [5.41, 5.74) is 1.00. The molecule has 3 nitrogen and oxygen atoms in total. The summed E-state index contributed by atoms with van der Waals surface area (Å²) in [5.74, 6) is 0.394. The van der Waals surface area contributed by atoms with Gasteiger partial charge in [0.15, 0.2) is 0 Å². The van der Waals surface area contributed by atoms with E-state index in [4.69, 9.17) is 0 Å². The molecule has 1 aromatic rings. The second-order valence-electron chi connectivity index (χ2n) is 4.71. The van der Waals surface area contributed by atoms with Gasteiger partial charge in [-0.3, -0.25) is 4.90 Å². The Kier molecular flexibility index (Phi) is 4.42. The fraction of sp³-hybridized carbons (Fsp3) is 0.538. The first-order valence-electron chi connectivity index (χ1n) is 6.03. The van der Waals surface area contributed by atoms with Gasteiger partial charge in [0.1, 0.15) is 5.75 Å². The van der Waals surface area contributed by atoms with E-state index < -0.39 is 0 Å². The van der Waals surface area contributed by atoms with Crippen molar-refractivity contribution < 1.29 is 5.11 Å². The number of hydrogen-bond donors (Lipinski definition) is 1. The molecule has 94 valence electrons. The van der Waals surface area contributed by atoms with Crippen molar-refractivity contribution in [2.24, 2.45) is 0 Å². The van der Waals surface area contributed by atoms with E-state index in [0.29, 0.717) is 5.75 Å². The van der Waals surface area contributed by atoms with Crippen LogP contribution in [-0.2, 0) is 6.54 Å². The van der Waals surface area contributed by atoms with Crippen LogP contribution < -0.4 is 0 Å². The third-order valence-electron chi connectivity index (χ3n) is 3.25. The number of phenols is 1. The van der Waals surface area contributed by atoms with Crippen LogP contribution >= 0.6 is 15.9 Å². The summed E-state index contributed by atoms with van der Waals surface area (Å²) >= 11 is 3.45. The second kappa shape index (κ2) is 5.85. The van der Waals surface area contributed by atoms with E-state index in [9.17, 15) is 5.11 Å². The van der Waals surface area contributed by atoms with Gasteiger partial charge in [-0.15, -0.1) is 0 Å². The molecule has 17 heavy (non-hydrogen) atoms. The number of halogens is 1. The Morgan fingerprint density at radius 2 is 2.06 bits per heavy atom. The monoisotopic (exact) mass is 298 g/mol. The van der Waals surface area contributed by atoms with Crippen molar-refractivity contribution in [2.75, 3.05) is 33.2 Å². The molecule has 1 aliphatic rings. The molecule has 1 N–H and O–H groups in total. The fourth-order valence-electron chi connectivity index (χ4n) is 2.18. The smallest absolute Gasteiger partial charge is 0.120 e. The molecular formula is C13H19BrN2O.